The van der Waals surface area contributed by atoms with Gasteiger partial charge in [-0.05, 0) is 23.8 Å². The van der Waals surface area contributed by atoms with Gasteiger partial charge in [0.1, 0.15) is 12.6 Å². The van der Waals surface area contributed by atoms with Gasteiger partial charge < -0.3 is 19.9 Å². The number of nitrogens with two attached hydrogens (primary N) is 1. The van der Waals surface area contributed by atoms with Crippen LogP contribution in [0.5, 0.6) is 0 Å². The molecule has 0 bridgehead atoms. The van der Waals surface area contributed by atoms with Gasteiger partial charge in [0.15, 0.2) is 0 Å². The summed E-state index contributed by atoms with van der Waals surface area (Å²) in [4.78, 5) is 37.0. The van der Waals surface area contributed by atoms with Crippen LogP contribution in [0.15, 0.2) is 30.3 Å². The van der Waals surface area contributed by atoms with Gasteiger partial charge in [-0.2, -0.15) is 0 Å². The number of ether oxygens (including phenoxy) is 3. The second kappa shape index (κ2) is 13.1. The van der Waals surface area contributed by atoms with Crippen LogP contribution in [0.3, 0.4) is 0 Å². The predicted octanol–water partition coefficient (Wildman–Crippen LogP) is 3.83. The van der Waals surface area contributed by atoms with Crippen molar-refractivity contribution in [2.45, 2.75) is 73.3 Å². The van der Waals surface area contributed by atoms with Crippen molar-refractivity contribution in [3.63, 3.8) is 0 Å². The number of rotatable bonds is 12. The minimum atomic E-state index is -1.04. The predicted molar refractivity (Wildman–Crippen MR) is 117 cm³/mol. The fourth-order valence-corrected chi connectivity index (χ4v) is 2.91. The Morgan fingerprint density at radius 1 is 0.903 bits per heavy atom. The smallest absolute Gasteiger partial charge is 0.326 e. The lowest BCUT2D eigenvalue weighted by molar-refractivity contribution is -0.199. The summed E-state index contributed by atoms with van der Waals surface area (Å²) < 4.78 is 16.1. The molecule has 0 fully saturated rings. The molecule has 3 atom stereocenters. The maximum Gasteiger partial charge on any atom is 0.326 e. The monoisotopic (exact) mass is 435 g/mol. The van der Waals surface area contributed by atoms with E-state index in [9.17, 15) is 14.4 Å². The number of hydrogen-bond donors (Lipinski definition) is 1. The molecule has 0 aliphatic rings. The van der Waals surface area contributed by atoms with E-state index in [1.165, 1.54) is 0 Å². The van der Waals surface area contributed by atoms with Crippen LogP contribution >= 0.6 is 0 Å². The topological polar surface area (TPSA) is 105 Å². The maximum absolute atomic E-state index is 12.7. The molecule has 2 N–H and O–H groups in total. The summed E-state index contributed by atoms with van der Waals surface area (Å²) in [6.07, 6.45) is -0.480. The molecule has 3 unspecified atom stereocenters. The molecule has 0 radical (unpaired) electrons. The lowest BCUT2D eigenvalue weighted by atomic mass is 9.88. The van der Waals surface area contributed by atoms with E-state index in [1.54, 1.807) is 27.7 Å². The summed E-state index contributed by atoms with van der Waals surface area (Å²) in [6.45, 7) is 11.1. The van der Waals surface area contributed by atoms with Crippen LogP contribution in [-0.2, 0) is 35.2 Å². The Labute approximate surface area is 185 Å². The van der Waals surface area contributed by atoms with Crippen LogP contribution in [0.4, 0.5) is 0 Å². The molecule has 31 heavy (non-hydrogen) atoms. The molecule has 0 heterocycles. The molecule has 0 amide bonds. The highest BCUT2D eigenvalue weighted by Gasteiger charge is 2.33. The molecule has 1 rings (SSSR count). The molecule has 0 spiro atoms. The van der Waals surface area contributed by atoms with Crippen LogP contribution in [0.25, 0.3) is 0 Å². The van der Waals surface area contributed by atoms with Crippen LogP contribution < -0.4 is 5.73 Å². The van der Waals surface area contributed by atoms with Gasteiger partial charge in [0.25, 0.3) is 0 Å². The van der Waals surface area contributed by atoms with Crippen LogP contribution in [0, 0.1) is 23.7 Å². The van der Waals surface area contributed by atoms with E-state index < -0.39 is 36.2 Å². The Morgan fingerprint density at radius 3 is 2.00 bits per heavy atom. The van der Waals surface area contributed by atoms with Crippen molar-refractivity contribution in [1.82, 2.24) is 0 Å². The van der Waals surface area contributed by atoms with Gasteiger partial charge in [-0.15, -0.1) is 0 Å². The molecular formula is C24H37NO6. The highest BCUT2D eigenvalue weighted by molar-refractivity contribution is 5.78. The number of esters is 3. The van der Waals surface area contributed by atoms with E-state index in [1.807, 2.05) is 44.2 Å². The fraction of sp³-hybridized carbons (Fsp3) is 0.625. The van der Waals surface area contributed by atoms with Gasteiger partial charge in [-0.3, -0.25) is 14.4 Å². The first kappa shape index (κ1) is 26.6. The summed E-state index contributed by atoms with van der Waals surface area (Å²) in [5.41, 5.74) is 7.06. The molecular weight excluding hydrogens is 398 g/mol. The summed E-state index contributed by atoms with van der Waals surface area (Å²) in [5, 5.41) is 0. The second-order valence-corrected chi connectivity index (χ2v) is 8.91. The van der Waals surface area contributed by atoms with Crippen LogP contribution in [0.1, 0.15) is 59.9 Å². The van der Waals surface area contributed by atoms with E-state index in [0.717, 1.165) is 5.56 Å². The maximum atomic E-state index is 12.7. The summed E-state index contributed by atoms with van der Waals surface area (Å²) in [5.74, 6) is -2.40. The zero-order chi connectivity index (χ0) is 23.6. The van der Waals surface area contributed by atoms with Gasteiger partial charge >= 0.3 is 17.9 Å². The molecule has 0 saturated heterocycles. The standard InChI is InChI=1S/C24H37NO6/c1-15(2)12-19(13-20(26)29-14-18-10-8-7-9-11-18)21(25)23(28)31-24(17(5)6)30-22(27)16(3)4/h7-11,15-17,19,21,24H,12-14,25H2,1-6H3. The normalized spacial score (nSPS) is 14.3. The average molecular weight is 436 g/mol. The van der Waals surface area contributed by atoms with Crippen molar-refractivity contribution in [2.75, 3.05) is 0 Å². The SMILES string of the molecule is CC(C)CC(CC(=O)OCc1ccccc1)C(N)C(=O)OC(OC(=O)C(C)C)C(C)C. The number of carbonyl (C=O) groups is 3. The first-order chi connectivity index (χ1) is 14.5. The van der Waals surface area contributed by atoms with Gasteiger partial charge in [-0.1, -0.05) is 71.9 Å². The van der Waals surface area contributed by atoms with E-state index in [-0.39, 0.29) is 30.8 Å². The zero-order valence-corrected chi connectivity index (χ0v) is 19.5. The van der Waals surface area contributed by atoms with E-state index in [0.29, 0.717) is 6.42 Å². The number of benzene rings is 1. The summed E-state index contributed by atoms with van der Waals surface area (Å²) in [7, 11) is 0. The van der Waals surface area contributed by atoms with Gasteiger partial charge in [0.05, 0.1) is 12.3 Å². The minimum Gasteiger partial charge on any atom is -0.461 e. The first-order valence-electron chi connectivity index (χ1n) is 10.9. The van der Waals surface area contributed by atoms with Crippen LogP contribution in [-0.4, -0.2) is 30.2 Å². The molecule has 7 heteroatoms. The molecule has 1 aromatic carbocycles. The quantitative estimate of drug-likeness (QED) is 0.393. The molecule has 0 saturated carbocycles. The average Bonchev–Trinajstić information content (AvgIpc) is 2.70. The van der Waals surface area contributed by atoms with Gasteiger partial charge in [0.2, 0.25) is 6.29 Å². The Morgan fingerprint density at radius 2 is 1.48 bits per heavy atom. The fourth-order valence-electron chi connectivity index (χ4n) is 2.91. The Bertz CT molecular complexity index is 701. The van der Waals surface area contributed by atoms with Gasteiger partial charge in [-0.25, -0.2) is 0 Å². The van der Waals surface area contributed by atoms with E-state index in [4.69, 9.17) is 19.9 Å². The second-order valence-electron chi connectivity index (χ2n) is 8.91. The molecule has 7 nitrogen and oxygen atoms in total. The lowest BCUT2D eigenvalue weighted by Gasteiger charge is -2.27. The summed E-state index contributed by atoms with van der Waals surface area (Å²) >= 11 is 0. The third-order valence-electron chi connectivity index (χ3n) is 4.71. The first-order valence-corrected chi connectivity index (χ1v) is 10.9. The number of carbonyl (C=O) groups excluding carboxylic acids is 3. The Balaban J connectivity index is 2.75. The highest BCUT2D eigenvalue weighted by Crippen LogP contribution is 2.22. The van der Waals surface area contributed by atoms with Crippen LogP contribution in [0.2, 0.25) is 0 Å². The molecule has 0 aliphatic carbocycles. The van der Waals surface area contributed by atoms with Crippen molar-refractivity contribution in [3.8, 4) is 0 Å². The van der Waals surface area contributed by atoms with Crippen molar-refractivity contribution < 1.29 is 28.6 Å². The van der Waals surface area contributed by atoms with E-state index in [2.05, 4.69) is 0 Å². The minimum absolute atomic E-state index is 0.000588. The molecule has 0 aromatic heterocycles. The van der Waals surface area contributed by atoms with Crippen molar-refractivity contribution in [3.05, 3.63) is 35.9 Å². The number of hydrogen-bond acceptors (Lipinski definition) is 7. The molecule has 1 aromatic rings. The third-order valence-corrected chi connectivity index (χ3v) is 4.71. The van der Waals surface area contributed by atoms with E-state index >= 15 is 0 Å². The lowest BCUT2D eigenvalue weighted by Crippen LogP contribution is -2.44. The molecule has 174 valence electrons. The zero-order valence-electron chi connectivity index (χ0n) is 19.5. The Kier molecular flexibility index (Phi) is 11.3. The third kappa shape index (κ3) is 9.96. The largest absolute Gasteiger partial charge is 0.461 e. The van der Waals surface area contributed by atoms with Gasteiger partial charge in [0, 0.05) is 5.92 Å². The Hall–Kier alpha value is -2.41. The highest BCUT2D eigenvalue weighted by atomic mass is 16.7. The molecule has 0 aliphatic heterocycles. The van der Waals surface area contributed by atoms with Crippen molar-refractivity contribution in [1.29, 1.82) is 0 Å². The van der Waals surface area contributed by atoms with Crippen molar-refractivity contribution in [2.24, 2.45) is 29.4 Å². The van der Waals surface area contributed by atoms with Crippen molar-refractivity contribution >= 4 is 17.9 Å². The summed E-state index contributed by atoms with van der Waals surface area (Å²) in [6, 6.07) is 8.32.